The van der Waals surface area contributed by atoms with E-state index in [1.54, 1.807) is 12.3 Å². The van der Waals surface area contributed by atoms with Crippen molar-refractivity contribution in [2.24, 2.45) is 0 Å². The van der Waals surface area contributed by atoms with Gasteiger partial charge in [-0.05, 0) is 12.1 Å². The minimum absolute atomic E-state index is 0.0858. The van der Waals surface area contributed by atoms with Crippen LogP contribution in [0, 0.1) is 0 Å². The van der Waals surface area contributed by atoms with E-state index in [4.69, 9.17) is 11.6 Å². The largest absolute Gasteiger partial charge is 0.380 e. The van der Waals surface area contributed by atoms with Crippen molar-refractivity contribution in [1.82, 2.24) is 10.3 Å². The van der Waals surface area contributed by atoms with E-state index in [0.717, 1.165) is 5.69 Å². The summed E-state index contributed by atoms with van der Waals surface area (Å²) in [6.45, 7) is 0.665. The molecule has 1 unspecified atom stereocenters. The van der Waals surface area contributed by atoms with E-state index in [2.05, 4.69) is 15.6 Å². The molecule has 4 nitrogen and oxygen atoms in total. The second-order valence-electron chi connectivity index (χ2n) is 3.22. The second-order valence-corrected chi connectivity index (χ2v) is 3.60. The number of carbonyl (C=O) groups is 1. The highest BCUT2D eigenvalue weighted by Crippen LogP contribution is 2.14. The van der Waals surface area contributed by atoms with Gasteiger partial charge in [0.2, 0.25) is 5.91 Å². The van der Waals surface area contributed by atoms with Crippen molar-refractivity contribution in [2.75, 3.05) is 11.9 Å². The number of rotatable bonds is 2. The predicted molar refractivity (Wildman–Crippen MR) is 54.3 cm³/mol. The van der Waals surface area contributed by atoms with E-state index in [0.29, 0.717) is 18.1 Å². The van der Waals surface area contributed by atoms with Crippen molar-refractivity contribution < 1.29 is 4.79 Å². The van der Waals surface area contributed by atoms with Crippen LogP contribution in [0.5, 0.6) is 0 Å². The molecule has 1 saturated heterocycles. The highest BCUT2D eigenvalue weighted by Gasteiger charge is 2.20. The van der Waals surface area contributed by atoms with Crippen LogP contribution in [0.4, 0.5) is 5.69 Å². The number of nitrogens with one attached hydrogen (secondary N) is 2. The Hall–Kier alpha value is -1.29. The average molecular weight is 212 g/mol. The minimum Gasteiger partial charge on any atom is -0.380 e. The Labute approximate surface area is 86.7 Å². The molecule has 0 aliphatic carbocycles. The number of aromatic nitrogens is 1. The number of carbonyl (C=O) groups excluding carboxylic acids is 1. The molecule has 1 aromatic heterocycles. The molecule has 0 saturated carbocycles. The van der Waals surface area contributed by atoms with Gasteiger partial charge >= 0.3 is 0 Å². The van der Waals surface area contributed by atoms with Crippen LogP contribution < -0.4 is 10.6 Å². The molecule has 1 aliphatic heterocycles. The number of anilines is 1. The zero-order valence-corrected chi connectivity index (χ0v) is 8.21. The lowest BCUT2D eigenvalue weighted by Gasteiger charge is -2.11. The molecule has 5 heteroatoms. The number of nitrogens with zero attached hydrogens (tertiary/aromatic N) is 1. The predicted octanol–water partition coefficient (Wildman–Crippen LogP) is 1.04. The summed E-state index contributed by atoms with van der Waals surface area (Å²) in [7, 11) is 0. The Bertz CT molecular complexity index is 356. The summed E-state index contributed by atoms with van der Waals surface area (Å²) in [5, 5.41) is 6.41. The molecule has 1 aromatic rings. The number of hydrogen-bond acceptors (Lipinski definition) is 3. The molecule has 0 radical (unpaired) electrons. The average Bonchev–Trinajstić information content (AvgIpc) is 2.51. The van der Waals surface area contributed by atoms with Crippen molar-refractivity contribution >= 4 is 23.2 Å². The van der Waals surface area contributed by atoms with Crippen molar-refractivity contribution in [2.45, 2.75) is 12.5 Å². The summed E-state index contributed by atoms with van der Waals surface area (Å²) in [4.78, 5) is 14.8. The van der Waals surface area contributed by atoms with Gasteiger partial charge < -0.3 is 10.6 Å². The number of halogens is 1. The molecule has 1 fully saturated rings. The first-order chi connectivity index (χ1) is 6.74. The normalized spacial score (nSPS) is 20.6. The van der Waals surface area contributed by atoms with Gasteiger partial charge in [-0.3, -0.25) is 4.79 Å². The Morgan fingerprint density at radius 1 is 1.64 bits per heavy atom. The maximum Gasteiger partial charge on any atom is 0.222 e. The van der Waals surface area contributed by atoms with E-state index in [1.165, 1.54) is 0 Å². The summed E-state index contributed by atoms with van der Waals surface area (Å²) >= 11 is 5.73. The molecule has 74 valence electrons. The molecule has 1 aliphatic rings. The number of pyridine rings is 1. The van der Waals surface area contributed by atoms with Gasteiger partial charge in [-0.1, -0.05) is 11.6 Å². The summed E-state index contributed by atoms with van der Waals surface area (Å²) in [5.74, 6) is 0.0858. The van der Waals surface area contributed by atoms with E-state index in [9.17, 15) is 4.79 Å². The third-order valence-corrected chi connectivity index (χ3v) is 2.28. The van der Waals surface area contributed by atoms with Crippen LogP contribution in [-0.4, -0.2) is 23.5 Å². The monoisotopic (exact) mass is 211 g/mol. The van der Waals surface area contributed by atoms with Crippen LogP contribution in [0.3, 0.4) is 0 Å². The van der Waals surface area contributed by atoms with Gasteiger partial charge in [0.25, 0.3) is 0 Å². The van der Waals surface area contributed by atoms with Gasteiger partial charge in [0.15, 0.2) is 0 Å². The summed E-state index contributed by atoms with van der Waals surface area (Å²) < 4.78 is 0. The topological polar surface area (TPSA) is 54.0 Å². The van der Waals surface area contributed by atoms with Crippen LogP contribution in [0.25, 0.3) is 0 Å². The molecular formula is C9H10ClN3O. The fraction of sp³-hybridized carbons (Fsp3) is 0.333. The standard InChI is InChI=1S/C9H10ClN3O/c10-8-3-6(1-2-11-8)13-7-4-9(14)12-5-7/h1-3,7H,4-5H2,(H,11,13)(H,12,14). The number of amides is 1. The highest BCUT2D eigenvalue weighted by molar-refractivity contribution is 6.29. The fourth-order valence-electron chi connectivity index (χ4n) is 1.44. The van der Waals surface area contributed by atoms with Crippen molar-refractivity contribution in [3.05, 3.63) is 23.5 Å². The van der Waals surface area contributed by atoms with E-state index < -0.39 is 0 Å². The molecular weight excluding hydrogens is 202 g/mol. The lowest BCUT2D eigenvalue weighted by Crippen LogP contribution is -2.22. The Balaban J connectivity index is 2.00. The SMILES string of the molecule is O=C1CC(Nc2ccnc(Cl)c2)CN1. The van der Waals surface area contributed by atoms with Crippen LogP contribution in [0.1, 0.15) is 6.42 Å². The first-order valence-electron chi connectivity index (χ1n) is 4.39. The Morgan fingerprint density at radius 3 is 3.14 bits per heavy atom. The Kier molecular flexibility index (Phi) is 2.54. The lowest BCUT2D eigenvalue weighted by atomic mass is 10.2. The molecule has 0 bridgehead atoms. The molecule has 2 N–H and O–H groups in total. The molecule has 2 heterocycles. The molecule has 2 rings (SSSR count). The minimum atomic E-state index is 0.0858. The third kappa shape index (κ3) is 2.14. The summed E-state index contributed by atoms with van der Waals surface area (Å²) in [6.07, 6.45) is 2.15. The van der Waals surface area contributed by atoms with Crippen LogP contribution in [-0.2, 0) is 4.79 Å². The van der Waals surface area contributed by atoms with Gasteiger partial charge in [0, 0.05) is 24.8 Å². The van der Waals surface area contributed by atoms with Crippen LogP contribution in [0.2, 0.25) is 5.15 Å². The maximum absolute atomic E-state index is 10.9. The summed E-state index contributed by atoms with van der Waals surface area (Å²) in [6, 6.07) is 3.72. The van der Waals surface area contributed by atoms with E-state index in [1.807, 2.05) is 6.07 Å². The number of hydrogen-bond donors (Lipinski definition) is 2. The maximum atomic E-state index is 10.9. The van der Waals surface area contributed by atoms with Crippen LogP contribution >= 0.6 is 11.6 Å². The van der Waals surface area contributed by atoms with E-state index >= 15 is 0 Å². The van der Waals surface area contributed by atoms with Gasteiger partial charge in [-0.15, -0.1) is 0 Å². The van der Waals surface area contributed by atoms with Gasteiger partial charge in [0.05, 0.1) is 6.04 Å². The zero-order chi connectivity index (χ0) is 9.97. The van der Waals surface area contributed by atoms with Gasteiger partial charge in [-0.2, -0.15) is 0 Å². The smallest absolute Gasteiger partial charge is 0.222 e. The van der Waals surface area contributed by atoms with Gasteiger partial charge in [-0.25, -0.2) is 4.98 Å². The Morgan fingerprint density at radius 2 is 2.50 bits per heavy atom. The van der Waals surface area contributed by atoms with Crippen molar-refractivity contribution in [3.63, 3.8) is 0 Å². The van der Waals surface area contributed by atoms with E-state index in [-0.39, 0.29) is 11.9 Å². The van der Waals surface area contributed by atoms with Crippen molar-refractivity contribution in [3.8, 4) is 0 Å². The molecule has 1 atom stereocenters. The first-order valence-corrected chi connectivity index (χ1v) is 4.76. The summed E-state index contributed by atoms with van der Waals surface area (Å²) in [5.41, 5.74) is 0.895. The molecule has 1 amide bonds. The van der Waals surface area contributed by atoms with Crippen LogP contribution in [0.15, 0.2) is 18.3 Å². The molecule has 0 aromatic carbocycles. The second kappa shape index (κ2) is 3.84. The lowest BCUT2D eigenvalue weighted by molar-refractivity contribution is -0.119. The fourth-order valence-corrected chi connectivity index (χ4v) is 1.61. The van der Waals surface area contributed by atoms with Crippen molar-refractivity contribution in [1.29, 1.82) is 0 Å². The zero-order valence-electron chi connectivity index (χ0n) is 7.46. The quantitative estimate of drug-likeness (QED) is 0.719. The highest BCUT2D eigenvalue weighted by atomic mass is 35.5. The van der Waals surface area contributed by atoms with Gasteiger partial charge in [0.1, 0.15) is 5.15 Å². The molecule has 14 heavy (non-hydrogen) atoms. The first kappa shape index (κ1) is 9.27. The molecule has 0 spiro atoms. The third-order valence-electron chi connectivity index (χ3n) is 2.07.